The minimum atomic E-state index is 0.358. The average molecular weight is 364 g/mol. The Morgan fingerprint density at radius 2 is 1.77 bits per heavy atom. The monoisotopic (exact) mass is 363 g/mol. The number of hydrogen-bond acceptors (Lipinski definition) is 1. The fourth-order valence-corrected chi connectivity index (χ4v) is 4.13. The first-order valence-electron chi connectivity index (χ1n) is 11.4. The molecular formula is C24H45NO. The molecule has 152 valence electrons. The van der Waals surface area contributed by atoms with Crippen molar-refractivity contribution in [3.63, 3.8) is 0 Å². The lowest BCUT2D eigenvalue weighted by Crippen LogP contribution is -2.38. The topological polar surface area (TPSA) is 20.3 Å². The Hall–Kier alpha value is -0.790. The zero-order chi connectivity index (χ0) is 19.4. The predicted molar refractivity (Wildman–Crippen MR) is 114 cm³/mol. The van der Waals surface area contributed by atoms with Crippen molar-refractivity contribution in [3.05, 3.63) is 12.2 Å². The first kappa shape index (κ1) is 23.2. The van der Waals surface area contributed by atoms with Crippen LogP contribution in [-0.4, -0.2) is 23.9 Å². The van der Waals surface area contributed by atoms with Crippen molar-refractivity contribution < 1.29 is 4.79 Å². The van der Waals surface area contributed by atoms with Gasteiger partial charge in [0.1, 0.15) is 0 Å². The summed E-state index contributed by atoms with van der Waals surface area (Å²) in [5, 5.41) is 0. The number of piperidine rings is 1. The average Bonchev–Trinajstić information content (AvgIpc) is 2.63. The second-order valence-corrected chi connectivity index (χ2v) is 8.99. The number of hydrogen-bond donors (Lipinski definition) is 0. The Labute approximate surface area is 163 Å². The predicted octanol–water partition coefficient (Wildman–Crippen LogP) is 6.85. The molecule has 0 aliphatic carbocycles. The molecule has 1 aliphatic heterocycles. The standard InChI is InChI=1S/C24H45NO/c1-6-8-13-23(21(5)7-2)14-11-9-10-12-22-15-17-25(18-16-22)24(26)19-20(3)4/h9-10,20-23H,6-8,11-19H2,1-5H3/b10-9+. The molecule has 1 rings (SSSR count). The van der Waals surface area contributed by atoms with Gasteiger partial charge in [0.05, 0.1) is 0 Å². The van der Waals surface area contributed by atoms with Gasteiger partial charge in [0.15, 0.2) is 0 Å². The van der Waals surface area contributed by atoms with Crippen LogP contribution in [0, 0.1) is 23.7 Å². The Bertz CT molecular complexity index is 393. The van der Waals surface area contributed by atoms with E-state index >= 15 is 0 Å². The minimum Gasteiger partial charge on any atom is -0.343 e. The fourth-order valence-electron chi connectivity index (χ4n) is 4.13. The van der Waals surface area contributed by atoms with Crippen molar-refractivity contribution in [3.8, 4) is 0 Å². The fraction of sp³-hybridized carbons (Fsp3) is 0.875. The molecule has 1 heterocycles. The summed E-state index contributed by atoms with van der Waals surface area (Å²) in [5.41, 5.74) is 0. The molecule has 1 aliphatic rings. The van der Waals surface area contributed by atoms with Crippen LogP contribution in [0.25, 0.3) is 0 Å². The van der Waals surface area contributed by atoms with Gasteiger partial charge in [0.2, 0.25) is 5.91 Å². The first-order valence-corrected chi connectivity index (χ1v) is 11.4. The number of likely N-dealkylation sites (tertiary alicyclic amines) is 1. The number of carbonyl (C=O) groups is 1. The molecule has 0 N–H and O–H groups in total. The molecule has 1 amide bonds. The maximum absolute atomic E-state index is 12.1. The molecule has 0 aromatic carbocycles. The third-order valence-corrected chi connectivity index (χ3v) is 6.27. The normalized spacial score (nSPS) is 18.6. The van der Waals surface area contributed by atoms with Crippen LogP contribution < -0.4 is 0 Å². The van der Waals surface area contributed by atoms with Gasteiger partial charge in [-0.1, -0.05) is 72.5 Å². The highest BCUT2D eigenvalue weighted by Crippen LogP contribution is 2.27. The van der Waals surface area contributed by atoms with Crippen molar-refractivity contribution in [2.24, 2.45) is 23.7 Å². The van der Waals surface area contributed by atoms with Crippen molar-refractivity contribution >= 4 is 5.91 Å². The zero-order valence-corrected chi connectivity index (χ0v) is 18.3. The van der Waals surface area contributed by atoms with E-state index in [9.17, 15) is 4.79 Å². The molecule has 0 aromatic rings. The van der Waals surface area contributed by atoms with Gasteiger partial charge in [-0.05, 0) is 55.8 Å². The maximum Gasteiger partial charge on any atom is 0.222 e. The van der Waals surface area contributed by atoms with Gasteiger partial charge >= 0.3 is 0 Å². The van der Waals surface area contributed by atoms with E-state index in [2.05, 4.69) is 51.7 Å². The van der Waals surface area contributed by atoms with Gasteiger partial charge in [-0.3, -0.25) is 4.79 Å². The van der Waals surface area contributed by atoms with Gasteiger partial charge in [0, 0.05) is 19.5 Å². The lowest BCUT2D eigenvalue weighted by molar-refractivity contribution is -0.133. The van der Waals surface area contributed by atoms with E-state index in [4.69, 9.17) is 0 Å². The van der Waals surface area contributed by atoms with Crippen molar-refractivity contribution in [2.75, 3.05) is 13.1 Å². The number of unbranched alkanes of at least 4 members (excludes halogenated alkanes) is 1. The lowest BCUT2D eigenvalue weighted by Gasteiger charge is -2.32. The van der Waals surface area contributed by atoms with Crippen molar-refractivity contribution in [1.82, 2.24) is 4.90 Å². The van der Waals surface area contributed by atoms with E-state index in [0.29, 0.717) is 18.2 Å². The van der Waals surface area contributed by atoms with Gasteiger partial charge in [0.25, 0.3) is 0 Å². The molecule has 2 unspecified atom stereocenters. The Morgan fingerprint density at radius 1 is 1.08 bits per heavy atom. The van der Waals surface area contributed by atoms with Gasteiger partial charge in [-0.2, -0.15) is 0 Å². The Kier molecular flexibility index (Phi) is 12.0. The molecule has 0 radical (unpaired) electrons. The smallest absolute Gasteiger partial charge is 0.222 e. The zero-order valence-electron chi connectivity index (χ0n) is 18.3. The second-order valence-electron chi connectivity index (χ2n) is 8.99. The number of rotatable bonds is 12. The molecule has 2 heteroatoms. The SMILES string of the molecule is CCCCC(CC/C=C/CC1CCN(C(=O)CC(C)C)CC1)C(C)CC. The van der Waals surface area contributed by atoms with E-state index in [1.165, 1.54) is 57.8 Å². The Morgan fingerprint density at radius 3 is 2.35 bits per heavy atom. The number of nitrogens with zero attached hydrogens (tertiary/aromatic N) is 1. The largest absolute Gasteiger partial charge is 0.343 e. The highest BCUT2D eigenvalue weighted by Gasteiger charge is 2.22. The van der Waals surface area contributed by atoms with Crippen LogP contribution in [0.4, 0.5) is 0 Å². The third-order valence-electron chi connectivity index (χ3n) is 6.27. The Balaban J connectivity index is 2.23. The molecule has 0 saturated carbocycles. The molecule has 2 nitrogen and oxygen atoms in total. The quantitative estimate of drug-likeness (QED) is 0.347. The summed E-state index contributed by atoms with van der Waals surface area (Å²) in [7, 11) is 0. The number of allylic oxidation sites excluding steroid dienone is 2. The molecule has 0 spiro atoms. The second kappa shape index (κ2) is 13.4. The summed E-state index contributed by atoms with van der Waals surface area (Å²) in [6.45, 7) is 13.3. The van der Waals surface area contributed by atoms with Crippen LogP contribution in [0.5, 0.6) is 0 Å². The third kappa shape index (κ3) is 9.24. The summed E-state index contributed by atoms with van der Waals surface area (Å²) in [4.78, 5) is 14.2. The number of carbonyl (C=O) groups excluding carboxylic acids is 1. The van der Waals surface area contributed by atoms with Crippen LogP contribution in [0.3, 0.4) is 0 Å². The molecule has 0 bridgehead atoms. The van der Waals surface area contributed by atoms with Crippen LogP contribution >= 0.6 is 0 Å². The molecule has 1 fully saturated rings. The highest BCUT2D eigenvalue weighted by molar-refractivity contribution is 5.76. The van der Waals surface area contributed by atoms with Crippen LogP contribution in [0.2, 0.25) is 0 Å². The van der Waals surface area contributed by atoms with Crippen LogP contribution in [-0.2, 0) is 4.79 Å². The first-order chi connectivity index (χ1) is 12.5. The van der Waals surface area contributed by atoms with Crippen molar-refractivity contribution in [2.45, 2.75) is 98.8 Å². The summed E-state index contributed by atoms with van der Waals surface area (Å²) in [5.74, 6) is 3.37. The lowest BCUT2D eigenvalue weighted by atomic mass is 9.84. The molecular weight excluding hydrogens is 318 g/mol. The summed E-state index contributed by atoms with van der Waals surface area (Å²) >= 11 is 0. The van der Waals surface area contributed by atoms with Crippen LogP contribution in [0.15, 0.2) is 12.2 Å². The van der Waals surface area contributed by atoms with Gasteiger partial charge < -0.3 is 4.90 Å². The highest BCUT2D eigenvalue weighted by atomic mass is 16.2. The number of amides is 1. The van der Waals surface area contributed by atoms with Crippen LogP contribution in [0.1, 0.15) is 98.8 Å². The maximum atomic E-state index is 12.1. The molecule has 1 saturated heterocycles. The van der Waals surface area contributed by atoms with E-state index in [1.807, 2.05) is 0 Å². The van der Waals surface area contributed by atoms with E-state index in [0.717, 1.165) is 30.8 Å². The van der Waals surface area contributed by atoms with E-state index in [-0.39, 0.29) is 0 Å². The van der Waals surface area contributed by atoms with E-state index in [1.54, 1.807) is 0 Å². The minimum absolute atomic E-state index is 0.358. The van der Waals surface area contributed by atoms with Gasteiger partial charge in [-0.25, -0.2) is 0 Å². The molecule has 2 atom stereocenters. The molecule has 26 heavy (non-hydrogen) atoms. The van der Waals surface area contributed by atoms with Gasteiger partial charge in [-0.15, -0.1) is 0 Å². The summed E-state index contributed by atoms with van der Waals surface area (Å²) in [6, 6.07) is 0. The summed E-state index contributed by atoms with van der Waals surface area (Å²) in [6.07, 6.45) is 17.1. The molecule has 0 aromatic heterocycles. The van der Waals surface area contributed by atoms with Crippen molar-refractivity contribution in [1.29, 1.82) is 0 Å². The van der Waals surface area contributed by atoms with E-state index < -0.39 is 0 Å². The summed E-state index contributed by atoms with van der Waals surface area (Å²) < 4.78 is 0.